The molecule has 0 aliphatic heterocycles. The van der Waals surface area contributed by atoms with Crippen molar-refractivity contribution in [2.24, 2.45) is 0 Å². The molecule has 1 N–H and O–H groups in total. The van der Waals surface area contributed by atoms with Crippen LogP contribution < -0.4 is 5.32 Å². The van der Waals surface area contributed by atoms with Crippen LogP contribution in [0.4, 0.5) is 0 Å². The van der Waals surface area contributed by atoms with E-state index in [2.05, 4.69) is 63.5 Å². The summed E-state index contributed by atoms with van der Waals surface area (Å²) in [6, 6.07) is 6.31. The molecule has 2 aromatic rings. The van der Waals surface area contributed by atoms with Crippen LogP contribution in [0.5, 0.6) is 0 Å². The monoisotopic (exact) mass is 325 g/mol. The van der Waals surface area contributed by atoms with Crippen molar-refractivity contribution in [3.05, 3.63) is 33.2 Å². The van der Waals surface area contributed by atoms with E-state index in [1.165, 1.54) is 5.56 Å². The van der Waals surface area contributed by atoms with Crippen molar-refractivity contribution in [3.63, 3.8) is 0 Å². The summed E-state index contributed by atoms with van der Waals surface area (Å²) in [5.74, 6) is 0. The molecule has 3 nitrogen and oxygen atoms in total. The van der Waals surface area contributed by atoms with Crippen molar-refractivity contribution in [2.45, 2.75) is 26.8 Å². The first-order valence-corrected chi connectivity index (χ1v) is 7.60. The van der Waals surface area contributed by atoms with Gasteiger partial charge in [0.2, 0.25) is 0 Å². The number of rotatable bonds is 5. The Morgan fingerprint density at radius 3 is 2.83 bits per heavy atom. The van der Waals surface area contributed by atoms with Gasteiger partial charge in [-0.1, -0.05) is 34.2 Å². The zero-order chi connectivity index (χ0) is 13.0. The number of aromatic nitrogens is 2. The van der Waals surface area contributed by atoms with E-state index in [0.717, 1.165) is 39.6 Å². The van der Waals surface area contributed by atoms with Gasteiger partial charge in [0.05, 0.1) is 0 Å². The summed E-state index contributed by atoms with van der Waals surface area (Å²) in [5.41, 5.74) is 2.35. The van der Waals surface area contributed by atoms with Gasteiger partial charge in [-0.05, 0) is 43.7 Å². The first-order chi connectivity index (χ1) is 8.69. The summed E-state index contributed by atoms with van der Waals surface area (Å²) in [5, 5.41) is 13.8. The minimum absolute atomic E-state index is 0.804. The van der Waals surface area contributed by atoms with Gasteiger partial charge < -0.3 is 5.32 Å². The predicted octanol–water partition coefficient (Wildman–Crippen LogP) is 3.78. The standard InChI is InChI=1S/C13H16BrN3S/c1-3-4-15-8-12-16-17-13(18-12)10-5-9(2)6-11(14)7-10/h5-7,15H,3-4,8H2,1-2H3. The van der Waals surface area contributed by atoms with Crippen molar-refractivity contribution in [3.8, 4) is 10.6 Å². The average molecular weight is 326 g/mol. The number of nitrogens with zero attached hydrogens (tertiary/aromatic N) is 2. The van der Waals surface area contributed by atoms with Crippen molar-refractivity contribution >= 4 is 27.3 Å². The molecular formula is C13H16BrN3S. The summed E-state index contributed by atoms with van der Waals surface area (Å²) < 4.78 is 1.08. The number of halogens is 1. The topological polar surface area (TPSA) is 37.8 Å². The number of hydrogen-bond acceptors (Lipinski definition) is 4. The van der Waals surface area contributed by atoms with Gasteiger partial charge in [-0.25, -0.2) is 0 Å². The molecule has 0 aliphatic rings. The quantitative estimate of drug-likeness (QED) is 0.850. The van der Waals surface area contributed by atoms with E-state index < -0.39 is 0 Å². The Kier molecular flexibility index (Phi) is 4.86. The van der Waals surface area contributed by atoms with Crippen LogP contribution in [0, 0.1) is 6.92 Å². The molecule has 0 spiro atoms. The first kappa shape index (κ1) is 13.6. The van der Waals surface area contributed by atoms with E-state index in [-0.39, 0.29) is 0 Å². The molecule has 0 fully saturated rings. The number of aryl methyl sites for hydroxylation is 1. The van der Waals surface area contributed by atoms with Crippen LogP contribution in [0.1, 0.15) is 23.9 Å². The summed E-state index contributed by atoms with van der Waals surface area (Å²) in [6.07, 6.45) is 1.14. The molecule has 0 saturated carbocycles. The van der Waals surface area contributed by atoms with Gasteiger partial charge in [0.25, 0.3) is 0 Å². The SMILES string of the molecule is CCCNCc1nnc(-c2cc(C)cc(Br)c2)s1. The molecule has 5 heteroatoms. The number of hydrogen-bond donors (Lipinski definition) is 1. The van der Waals surface area contributed by atoms with Crippen molar-refractivity contribution in [2.75, 3.05) is 6.54 Å². The maximum atomic E-state index is 4.26. The highest BCUT2D eigenvalue weighted by Crippen LogP contribution is 2.27. The largest absolute Gasteiger partial charge is 0.310 e. The van der Waals surface area contributed by atoms with Gasteiger partial charge >= 0.3 is 0 Å². The molecule has 1 aromatic carbocycles. The molecule has 0 saturated heterocycles. The van der Waals surface area contributed by atoms with E-state index >= 15 is 0 Å². The molecule has 0 amide bonds. The van der Waals surface area contributed by atoms with Gasteiger partial charge in [-0.3, -0.25) is 0 Å². The molecule has 2 rings (SSSR count). The molecule has 1 aromatic heterocycles. The fourth-order valence-corrected chi connectivity index (χ4v) is 3.08. The molecule has 0 radical (unpaired) electrons. The highest BCUT2D eigenvalue weighted by Gasteiger charge is 2.07. The molecule has 0 unspecified atom stereocenters. The van der Waals surface area contributed by atoms with E-state index in [4.69, 9.17) is 0 Å². The lowest BCUT2D eigenvalue weighted by atomic mass is 10.1. The van der Waals surface area contributed by atoms with Gasteiger partial charge in [-0.2, -0.15) is 0 Å². The third kappa shape index (κ3) is 3.60. The summed E-state index contributed by atoms with van der Waals surface area (Å²) in [4.78, 5) is 0. The molecule has 96 valence electrons. The molecule has 1 heterocycles. The maximum Gasteiger partial charge on any atom is 0.147 e. The van der Waals surface area contributed by atoms with Crippen LogP contribution in [0.3, 0.4) is 0 Å². The van der Waals surface area contributed by atoms with Crippen molar-refractivity contribution in [1.29, 1.82) is 0 Å². The second-order valence-electron chi connectivity index (χ2n) is 4.19. The van der Waals surface area contributed by atoms with Gasteiger partial charge in [0.15, 0.2) is 0 Å². The zero-order valence-corrected chi connectivity index (χ0v) is 12.9. The van der Waals surface area contributed by atoms with Crippen LogP contribution in [-0.2, 0) is 6.54 Å². The lowest BCUT2D eigenvalue weighted by Crippen LogP contribution is -2.13. The van der Waals surface area contributed by atoms with E-state index in [9.17, 15) is 0 Å². The van der Waals surface area contributed by atoms with Gasteiger partial charge in [-0.15, -0.1) is 10.2 Å². The van der Waals surface area contributed by atoms with E-state index in [1.807, 2.05) is 0 Å². The Labute approximate surface area is 120 Å². The van der Waals surface area contributed by atoms with Crippen LogP contribution >= 0.6 is 27.3 Å². The molecule has 18 heavy (non-hydrogen) atoms. The lowest BCUT2D eigenvalue weighted by Gasteiger charge is -1.99. The Balaban J connectivity index is 2.13. The highest BCUT2D eigenvalue weighted by atomic mass is 79.9. The van der Waals surface area contributed by atoms with Crippen LogP contribution in [0.15, 0.2) is 22.7 Å². The molecule has 0 aliphatic carbocycles. The Bertz CT molecular complexity index is 504. The number of benzene rings is 1. The van der Waals surface area contributed by atoms with Crippen LogP contribution in [-0.4, -0.2) is 16.7 Å². The first-order valence-electron chi connectivity index (χ1n) is 5.99. The fourth-order valence-electron chi connectivity index (χ4n) is 1.67. The van der Waals surface area contributed by atoms with Crippen molar-refractivity contribution < 1.29 is 0 Å². The predicted molar refractivity (Wildman–Crippen MR) is 79.8 cm³/mol. The minimum Gasteiger partial charge on any atom is -0.310 e. The second-order valence-corrected chi connectivity index (χ2v) is 6.17. The number of nitrogens with one attached hydrogen (secondary N) is 1. The van der Waals surface area contributed by atoms with E-state index in [1.54, 1.807) is 11.3 Å². The lowest BCUT2D eigenvalue weighted by molar-refractivity contribution is 0.668. The normalized spacial score (nSPS) is 10.8. The Hall–Kier alpha value is -0.780. The third-order valence-electron chi connectivity index (χ3n) is 2.46. The smallest absolute Gasteiger partial charge is 0.147 e. The summed E-state index contributed by atoms with van der Waals surface area (Å²) >= 11 is 5.16. The second kappa shape index (κ2) is 6.41. The third-order valence-corrected chi connectivity index (χ3v) is 3.89. The highest BCUT2D eigenvalue weighted by molar-refractivity contribution is 9.10. The summed E-state index contributed by atoms with van der Waals surface area (Å²) in [7, 11) is 0. The van der Waals surface area contributed by atoms with Gasteiger partial charge in [0.1, 0.15) is 10.0 Å². The average Bonchev–Trinajstić information content (AvgIpc) is 2.77. The Morgan fingerprint density at radius 1 is 1.28 bits per heavy atom. The molecule has 0 bridgehead atoms. The minimum atomic E-state index is 0.804. The zero-order valence-electron chi connectivity index (χ0n) is 10.5. The van der Waals surface area contributed by atoms with Gasteiger partial charge in [0, 0.05) is 16.6 Å². The molecule has 0 atom stereocenters. The fraction of sp³-hybridized carbons (Fsp3) is 0.385. The van der Waals surface area contributed by atoms with E-state index in [0.29, 0.717) is 0 Å². The molecular weight excluding hydrogens is 310 g/mol. The Morgan fingerprint density at radius 2 is 2.11 bits per heavy atom. The van der Waals surface area contributed by atoms with Crippen molar-refractivity contribution in [1.82, 2.24) is 15.5 Å². The summed E-state index contributed by atoms with van der Waals surface area (Å²) in [6.45, 7) is 6.06. The maximum absolute atomic E-state index is 4.26. The van der Waals surface area contributed by atoms with Crippen LogP contribution in [0.25, 0.3) is 10.6 Å². The van der Waals surface area contributed by atoms with Crippen LogP contribution in [0.2, 0.25) is 0 Å².